The van der Waals surface area contributed by atoms with Crippen LogP contribution in [0.4, 0.5) is 0 Å². The fraction of sp³-hybridized carbons (Fsp3) is 0.571. The summed E-state index contributed by atoms with van der Waals surface area (Å²) in [4.78, 5) is 0. The predicted octanol–water partition coefficient (Wildman–Crippen LogP) is 2.52. The molecule has 1 aliphatic heterocycles. The molecule has 3 heteroatoms. The smallest absolute Gasteiger partial charge is 0.118 e. The SMILES string of the molecule is CCC1(C)COC(c2ccc(OC)cc2)CN1. The van der Waals surface area contributed by atoms with E-state index in [1.807, 2.05) is 12.1 Å². The summed E-state index contributed by atoms with van der Waals surface area (Å²) in [6, 6.07) is 8.10. The van der Waals surface area contributed by atoms with Crippen molar-refractivity contribution in [2.75, 3.05) is 20.3 Å². The number of ether oxygens (including phenoxy) is 2. The molecule has 94 valence electrons. The number of morpholine rings is 1. The zero-order valence-electron chi connectivity index (χ0n) is 10.8. The van der Waals surface area contributed by atoms with Crippen molar-refractivity contribution in [2.24, 2.45) is 0 Å². The van der Waals surface area contributed by atoms with Crippen LogP contribution in [0.5, 0.6) is 5.75 Å². The highest BCUT2D eigenvalue weighted by Crippen LogP contribution is 2.26. The molecule has 2 atom stereocenters. The van der Waals surface area contributed by atoms with Crippen molar-refractivity contribution in [2.45, 2.75) is 31.9 Å². The third-order valence-electron chi connectivity index (χ3n) is 3.59. The van der Waals surface area contributed by atoms with Gasteiger partial charge in [-0.3, -0.25) is 0 Å². The molecule has 1 fully saturated rings. The third kappa shape index (κ3) is 2.79. The van der Waals surface area contributed by atoms with Gasteiger partial charge in [0, 0.05) is 12.1 Å². The number of rotatable bonds is 3. The summed E-state index contributed by atoms with van der Waals surface area (Å²) in [6.07, 6.45) is 1.24. The zero-order chi connectivity index (χ0) is 12.3. The highest BCUT2D eigenvalue weighted by molar-refractivity contribution is 5.29. The lowest BCUT2D eigenvalue weighted by molar-refractivity contribution is -0.0299. The largest absolute Gasteiger partial charge is 0.497 e. The van der Waals surface area contributed by atoms with Crippen LogP contribution < -0.4 is 10.1 Å². The first-order chi connectivity index (χ1) is 8.17. The summed E-state index contributed by atoms with van der Waals surface area (Å²) in [5.74, 6) is 0.885. The van der Waals surface area contributed by atoms with Gasteiger partial charge in [-0.25, -0.2) is 0 Å². The average molecular weight is 235 g/mol. The van der Waals surface area contributed by atoms with E-state index in [4.69, 9.17) is 9.47 Å². The summed E-state index contributed by atoms with van der Waals surface area (Å²) in [5, 5.41) is 3.57. The lowest BCUT2D eigenvalue weighted by atomic mass is 9.96. The number of hydrogen-bond donors (Lipinski definition) is 1. The molecule has 1 aromatic carbocycles. The third-order valence-corrected chi connectivity index (χ3v) is 3.59. The van der Waals surface area contributed by atoms with E-state index in [1.165, 1.54) is 5.56 Å². The Morgan fingerprint density at radius 1 is 1.41 bits per heavy atom. The van der Waals surface area contributed by atoms with Crippen molar-refractivity contribution in [3.05, 3.63) is 29.8 Å². The molecule has 0 spiro atoms. The molecule has 0 bridgehead atoms. The molecule has 1 aromatic rings. The van der Waals surface area contributed by atoms with Gasteiger partial charge >= 0.3 is 0 Å². The molecule has 3 nitrogen and oxygen atoms in total. The second-order valence-corrected chi connectivity index (χ2v) is 4.87. The summed E-state index contributed by atoms with van der Waals surface area (Å²) in [6.45, 7) is 6.03. The van der Waals surface area contributed by atoms with Crippen LogP contribution in [0.3, 0.4) is 0 Å². The van der Waals surface area contributed by atoms with E-state index in [1.54, 1.807) is 7.11 Å². The van der Waals surface area contributed by atoms with E-state index in [0.717, 1.165) is 25.3 Å². The van der Waals surface area contributed by atoms with Crippen LogP contribution in [0.25, 0.3) is 0 Å². The molecular weight excluding hydrogens is 214 g/mol. The zero-order valence-corrected chi connectivity index (χ0v) is 10.8. The second kappa shape index (κ2) is 5.07. The highest BCUT2D eigenvalue weighted by Gasteiger charge is 2.30. The lowest BCUT2D eigenvalue weighted by Crippen LogP contribution is -2.52. The van der Waals surface area contributed by atoms with Crippen molar-refractivity contribution < 1.29 is 9.47 Å². The maximum absolute atomic E-state index is 5.94. The van der Waals surface area contributed by atoms with Crippen LogP contribution in [0.15, 0.2) is 24.3 Å². The van der Waals surface area contributed by atoms with Gasteiger partial charge in [0.25, 0.3) is 0 Å². The summed E-state index contributed by atoms with van der Waals surface area (Å²) < 4.78 is 11.1. The first-order valence-electron chi connectivity index (χ1n) is 6.17. The molecule has 17 heavy (non-hydrogen) atoms. The van der Waals surface area contributed by atoms with E-state index in [9.17, 15) is 0 Å². The minimum atomic E-state index is 0.128. The average Bonchev–Trinajstić information content (AvgIpc) is 2.40. The molecule has 1 N–H and O–H groups in total. The fourth-order valence-corrected chi connectivity index (χ4v) is 1.99. The molecule has 0 aliphatic carbocycles. The molecule has 2 rings (SSSR count). The highest BCUT2D eigenvalue weighted by atomic mass is 16.5. The lowest BCUT2D eigenvalue weighted by Gasteiger charge is -2.38. The Hall–Kier alpha value is -1.06. The van der Waals surface area contributed by atoms with Gasteiger partial charge in [0.05, 0.1) is 19.8 Å². The van der Waals surface area contributed by atoms with Crippen molar-refractivity contribution in [3.63, 3.8) is 0 Å². The van der Waals surface area contributed by atoms with E-state index in [-0.39, 0.29) is 11.6 Å². The molecule has 1 heterocycles. The maximum Gasteiger partial charge on any atom is 0.118 e. The van der Waals surface area contributed by atoms with Crippen molar-refractivity contribution >= 4 is 0 Å². The van der Waals surface area contributed by atoms with Crippen LogP contribution in [0.1, 0.15) is 31.9 Å². The van der Waals surface area contributed by atoms with E-state index < -0.39 is 0 Å². The standard InChI is InChI=1S/C14H21NO2/c1-4-14(2)10-17-13(9-15-14)11-5-7-12(16-3)8-6-11/h5-8,13,15H,4,9-10H2,1-3H3. The quantitative estimate of drug-likeness (QED) is 0.873. The van der Waals surface area contributed by atoms with Crippen molar-refractivity contribution in [1.82, 2.24) is 5.32 Å². The van der Waals surface area contributed by atoms with Crippen molar-refractivity contribution in [1.29, 1.82) is 0 Å². The van der Waals surface area contributed by atoms with Gasteiger partial charge in [0.15, 0.2) is 0 Å². The number of benzene rings is 1. The topological polar surface area (TPSA) is 30.5 Å². The maximum atomic E-state index is 5.94. The number of nitrogens with one attached hydrogen (secondary N) is 1. The van der Waals surface area contributed by atoms with Gasteiger partial charge in [-0.05, 0) is 31.0 Å². The van der Waals surface area contributed by atoms with E-state index in [2.05, 4.69) is 31.3 Å². The molecule has 0 aromatic heterocycles. The Balaban J connectivity index is 2.00. The molecule has 0 amide bonds. The Bertz CT molecular complexity index is 353. The molecule has 1 saturated heterocycles. The first kappa shape index (κ1) is 12.4. The van der Waals surface area contributed by atoms with E-state index >= 15 is 0 Å². The minimum absolute atomic E-state index is 0.128. The summed E-state index contributed by atoms with van der Waals surface area (Å²) in [5.41, 5.74) is 1.33. The van der Waals surface area contributed by atoms with Gasteiger partial charge in [-0.15, -0.1) is 0 Å². The Labute approximate surface area is 103 Å². The predicted molar refractivity (Wildman–Crippen MR) is 68.4 cm³/mol. The molecule has 0 radical (unpaired) electrons. The monoisotopic (exact) mass is 235 g/mol. The normalized spacial score (nSPS) is 29.0. The van der Waals surface area contributed by atoms with Gasteiger partial charge in [-0.2, -0.15) is 0 Å². The van der Waals surface area contributed by atoms with Crippen molar-refractivity contribution in [3.8, 4) is 5.75 Å². The van der Waals surface area contributed by atoms with Crippen LogP contribution in [0, 0.1) is 0 Å². The molecule has 1 aliphatic rings. The van der Waals surface area contributed by atoms with Crippen LogP contribution >= 0.6 is 0 Å². The molecule has 2 unspecified atom stereocenters. The van der Waals surface area contributed by atoms with Gasteiger partial charge in [-0.1, -0.05) is 19.1 Å². The molecular formula is C14H21NO2. The van der Waals surface area contributed by atoms with Crippen LogP contribution in [-0.4, -0.2) is 25.8 Å². The number of hydrogen-bond acceptors (Lipinski definition) is 3. The Kier molecular flexibility index (Phi) is 3.69. The summed E-state index contributed by atoms with van der Waals surface area (Å²) in [7, 11) is 1.68. The van der Waals surface area contributed by atoms with Gasteiger partial charge < -0.3 is 14.8 Å². The summed E-state index contributed by atoms with van der Waals surface area (Å²) >= 11 is 0. The second-order valence-electron chi connectivity index (χ2n) is 4.87. The van der Waals surface area contributed by atoms with Gasteiger partial charge in [0.1, 0.15) is 5.75 Å². The Morgan fingerprint density at radius 3 is 2.59 bits per heavy atom. The number of methoxy groups -OCH3 is 1. The Morgan fingerprint density at radius 2 is 2.12 bits per heavy atom. The molecule has 0 saturated carbocycles. The first-order valence-corrected chi connectivity index (χ1v) is 6.17. The van der Waals surface area contributed by atoms with Crippen LogP contribution in [0.2, 0.25) is 0 Å². The van der Waals surface area contributed by atoms with Crippen LogP contribution in [-0.2, 0) is 4.74 Å². The van der Waals surface area contributed by atoms with Gasteiger partial charge in [0.2, 0.25) is 0 Å². The fourth-order valence-electron chi connectivity index (χ4n) is 1.99. The van der Waals surface area contributed by atoms with E-state index in [0.29, 0.717) is 0 Å². The minimum Gasteiger partial charge on any atom is -0.497 e.